The van der Waals surface area contributed by atoms with Crippen LogP contribution >= 0.6 is 11.6 Å². The minimum absolute atomic E-state index is 0.240. The van der Waals surface area contributed by atoms with Gasteiger partial charge in [-0.2, -0.15) is 0 Å². The van der Waals surface area contributed by atoms with Crippen LogP contribution in [-0.4, -0.2) is 43.7 Å². The predicted molar refractivity (Wildman–Crippen MR) is 64.4 cm³/mol. The van der Waals surface area contributed by atoms with Crippen molar-refractivity contribution in [1.82, 2.24) is 10.3 Å². The Morgan fingerprint density at radius 1 is 1.44 bits per heavy atom. The first-order valence-corrected chi connectivity index (χ1v) is 5.55. The van der Waals surface area contributed by atoms with Crippen molar-refractivity contribution in [2.24, 2.45) is 0 Å². The number of carbonyl (C=O) groups excluding carboxylic acids is 2. The molecule has 7 heteroatoms. The molecule has 98 valence electrons. The zero-order chi connectivity index (χ0) is 13.4. The van der Waals surface area contributed by atoms with Gasteiger partial charge in [-0.15, -0.1) is 0 Å². The summed E-state index contributed by atoms with van der Waals surface area (Å²) in [5.41, 5.74) is 0.240. The highest BCUT2D eigenvalue weighted by atomic mass is 35.5. The van der Waals surface area contributed by atoms with Gasteiger partial charge in [-0.25, -0.2) is 9.78 Å². The van der Waals surface area contributed by atoms with E-state index in [-0.39, 0.29) is 23.2 Å². The minimum atomic E-state index is -0.624. The maximum Gasteiger partial charge on any atom is 0.340 e. The lowest BCUT2D eigenvalue weighted by atomic mass is 10.3. The van der Waals surface area contributed by atoms with Crippen LogP contribution in [0.15, 0.2) is 18.3 Å². The maximum absolute atomic E-state index is 11.5. The lowest BCUT2D eigenvalue weighted by Gasteiger charge is -2.05. The zero-order valence-electron chi connectivity index (χ0n) is 9.81. The lowest BCUT2D eigenvalue weighted by molar-refractivity contribution is -0.124. The van der Waals surface area contributed by atoms with Crippen molar-refractivity contribution in [3.63, 3.8) is 0 Å². The monoisotopic (exact) mass is 272 g/mol. The van der Waals surface area contributed by atoms with Gasteiger partial charge in [-0.1, -0.05) is 11.6 Å². The van der Waals surface area contributed by atoms with Crippen molar-refractivity contribution in [1.29, 1.82) is 0 Å². The average Bonchev–Trinajstić information content (AvgIpc) is 2.37. The van der Waals surface area contributed by atoms with E-state index in [0.29, 0.717) is 13.2 Å². The molecule has 0 saturated heterocycles. The Hall–Kier alpha value is -1.66. The molecule has 18 heavy (non-hydrogen) atoms. The summed E-state index contributed by atoms with van der Waals surface area (Å²) < 4.78 is 9.54. The molecular formula is C11H13ClN2O4. The van der Waals surface area contributed by atoms with E-state index in [2.05, 4.69) is 10.3 Å². The molecule has 0 radical (unpaired) electrons. The highest BCUT2D eigenvalue weighted by Crippen LogP contribution is 2.06. The number of halogens is 1. The van der Waals surface area contributed by atoms with Gasteiger partial charge in [0.05, 0.1) is 12.2 Å². The molecule has 0 aliphatic heterocycles. The van der Waals surface area contributed by atoms with Gasteiger partial charge in [-0.3, -0.25) is 4.79 Å². The summed E-state index contributed by atoms with van der Waals surface area (Å²) in [6.45, 7) is 0.432. The molecule has 0 saturated carbocycles. The summed E-state index contributed by atoms with van der Waals surface area (Å²) in [5.74, 6) is -1.01. The molecule has 1 aromatic heterocycles. The first kappa shape index (κ1) is 14.4. The van der Waals surface area contributed by atoms with Crippen LogP contribution in [-0.2, 0) is 14.3 Å². The number of carbonyl (C=O) groups is 2. The van der Waals surface area contributed by atoms with E-state index in [4.69, 9.17) is 21.1 Å². The summed E-state index contributed by atoms with van der Waals surface area (Å²) in [6.07, 6.45) is 1.29. The van der Waals surface area contributed by atoms with Crippen LogP contribution in [0.5, 0.6) is 0 Å². The Morgan fingerprint density at radius 3 is 2.83 bits per heavy atom. The topological polar surface area (TPSA) is 77.5 Å². The summed E-state index contributed by atoms with van der Waals surface area (Å²) in [5, 5.41) is 2.80. The number of rotatable bonds is 6. The number of hydrogen-bond acceptors (Lipinski definition) is 5. The van der Waals surface area contributed by atoms with Crippen LogP contribution in [0, 0.1) is 0 Å². The van der Waals surface area contributed by atoms with Crippen LogP contribution in [0.4, 0.5) is 0 Å². The Kier molecular flexibility index (Phi) is 6.10. The van der Waals surface area contributed by atoms with Crippen LogP contribution in [0.25, 0.3) is 0 Å². The van der Waals surface area contributed by atoms with E-state index >= 15 is 0 Å². The number of esters is 1. The Labute approximate surface area is 109 Å². The first-order chi connectivity index (χ1) is 8.63. The van der Waals surface area contributed by atoms with Gasteiger partial charge in [0.25, 0.3) is 5.91 Å². The quantitative estimate of drug-likeness (QED) is 0.467. The first-order valence-electron chi connectivity index (χ1n) is 5.18. The van der Waals surface area contributed by atoms with Gasteiger partial charge in [0.1, 0.15) is 5.15 Å². The van der Waals surface area contributed by atoms with Gasteiger partial charge < -0.3 is 14.8 Å². The van der Waals surface area contributed by atoms with Crippen molar-refractivity contribution >= 4 is 23.5 Å². The third-order valence-corrected chi connectivity index (χ3v) is 2.15. The Morgan fingerprint density at radius 2 is 2.22 bits per heavy atom. The summed E-state index contributed by atoms with van der Waals surface area (Å²) >= 11 is 5.58. The van der Waals surface area contributed by atoms with Gasteiger partial charge in [0, 0.05) is 19.9 Å². The molecule has 0 aliphatic rings. The molecular weight excluding hydrogens is 260 g/mol. The Bertz CT molecular complexity index is 408. The molecule has 0 spiro atoms. The maximum atomic E-state index is 11.5. The molecule has 6 nitrogen and oxygen atoms in total. The second-order valence-corrected chi connectivity index (χ2v) is 3.68. The second-order valence-electron chi connectivity index (χ2n) is 3.29. The molecule has 1 rings (SSSR count). The molecule has 1 N–H and O–H groups in total. The molecule has 0 aliphatic carbocycles. The number of amides is 1. The normalized spacial score (nSPS) is 9.89. The summed E-state index contributed by atoms with van der Waals surface area (Å²) in [4.78, 5) is 26.4. The SMILES string of the molecule is COCCNC(=O)COC(=O)c1ccc(Cl)nc1. The highest BCUT2D eigenvalue weighted by molar-refractivity contribution is 6.29. The largest absolute Gasteiger partial charge is 0.452 e. The zero-order valence-corrected chi connectivity index (χ0v) is 10.6. The number of nitrogens with one attached hydrogen (secondary N) is 1. The predicted octanol–water partition coefficient (Wildman–Crippen LogP) is 0.654. The van der Waals surface area contributed by atoms with Crippen LogP contribution in [0.2, 0.25) is 5.15 Å². The summed E-state index contributed by atoms with van der Waals surface area (Å²) in [6, 6.07) is 2.94. The third kappa shape index (κ3) is 5.11. The number of ether oxygens (including phenoxy) is 2. The van der Waals surface area contributed by atoms with Gasteiger partial charge in [0.15, 0.2) is 6.61 Å². The van der Waals surface area contributed by atoms with E-state index < -0.39 is 5.97 Å². The number of hydrogen-bond donors (Lipinski definition) is 1. The Balaban J connectivity index is 2.32. The fourth-order valence-electron chi connectivity index (χ4n) is 1.05. The fraction of sp³-hybridized carbons (Fsp3) is 0.364. The molecule has 0 fully saturated rings. The van der Waals surface area contributed by atoms with E-state index in [9.17, 15) is 9.59 Å². The third-order valence-electron chi connectivity index (χ3n) is 1.93. The van der Waals surface area contributed by atoms with E-state index in [1.165, 1.54) is 25.4 Å². The standard InChI is InChI=1S/C11H13ClN2O4/c1-17-5-4-13-10(15)7-18-11(16)8-2-3-9(12)14-6-8/h2-3,6H,4-5,7H2,1H3,(H,13,15). The van der Waals surface area contributed by atoms with Crippen molar-refractivity contribution in [3.8, 4) is 0 Å². The fourth-order valence-corrected chi connectivity index (χ4v) is 1.17. The molecule has 0 aromatic carbocycles. The van der Waals surface area contributed by atoms with Crippen LogP contribution in [0.1, 0.15) is 10.4 Å². The number of pyridine rings is 1. The van der Waals surface area contributed by atoms with Crippen molar-refractivity contribution in [3.05, 3.63) is 29.0 Å². The lowest BCUT2D eigenvalue weighted by Crippen LogP contribution is -2.31. The summed E-state index contributed by atoms with van der Waals surface area (Å²) in [7, 11) is 1.53. The molecule has 1 heterocycles. The number of aromatic nitrogens is 1. The van der Waals surface area contributed by atoms with Crippen LogP contribution in [0.3, 0.4) is 0 Å². The van der Waals surface area contributed by atoms with Gasteiger partial charge in [-0.05, 0) is 12.1 Å². The molecule has 0 bridgehead atoms. The van der Waals surface area contributed by atoms with Crippen molar-refractivity contribution < 1.29 is 19.1 Å². The van der Waals surface area contributed by atoms with E-state index in [1.54, 1.807) is 0 Å². The van der Waals surface area contributed by atoms with E-state index in [0.717, 1.165) is 0 Å². The van der Waals surface area contributed by atoms with Crippen molar-refractivity contribution in [2.45, 2.75) is 0 Å². The molecule has 0 unspecified atom stereocenters. The second kappa shape index (κ2) is 7.62. The minimum Gasteiger partial charge on any atom is -0.452 e. The van der Waals surface area contributed by atoms with Gasteiger partial charge >= 0.3 is 5.97 Å². The molecule has 1 amide bonds. The highest BCUT2D eigenvalue weighted by Gasteiger charge is 2.10. The van der Waals surface area contributed by atoms with Crippen LogP contribution < -0.4 is 5.32 Å². The van der Waals surface area contributed by atoms with Crippen molar-refractivity contribution in [2.75, 3.05) is 26.9 Å². The smallest absolute Gasteiger partial charge is 0.340 e. The van der Waals surface area contributed by atoms with E-state index in [1.807, 2.05) is 0 Å². The van der Waals surface area contributed by atoms with Gasteiger partial charge in [0.2, 0.25) is 0 Å². The number of nitrogens with zero attached hydrogens (tertiary/aromatic N) is 1. The average molecular weight is 273 g/mol. The molecule has 0 atom stereocenters. The number of methoxy groups -OCH3 is 1. The molecule has 1 aromatic rings.